The van der Waals surface area contributed by atoms with E-state index in [4.69, 9.17) is 5.73 Å². The van der Waals surface area contributed by atoms with Gasteiger partial charge < -0.3 is 16.0 Å². The minimum absolute atomic E-state index is 0.101. The van der Waals surface area contributed by atoms with Gasteiger partial charge in [0.15, 0.2) is 0 Å². The van der Waals surface area contributed by atoms with Crippen molar-refractivity contribution < 1.29 is 4.79 Å². The van der Waals surface area contributed by atoms with E-state index in [0.29, 0.717) is 12.1 Å². The highest BCUT2D eigenvalue weighted by Crippen LogP contribution is 2.35. The van der Waals surface area contributed by atoms with Crippen molar-refractivity contribution in [3.8, 4) is 0 Å². The third kappa shape index (κ3) is 2.90. The summed E-state index contributed by atoms with van der Waals surface area (Å²) >= 11 is 3.30. The zero-order valence-electron chi connectivity index (χ0n) is 11.2. The molecule has 1 aromatic heterocycles. The highest BCUT2D eigenvalue weighted by atomic mass is 79.9. The fourth-order valence-corrected chi connectivity index (χ4v) is 2.67. The van der Waals surface area contributed by atoms with E-state index < -0.39 is 0 Å². The van der Waals surface area contributed by atoms with E-state index in [-0.39, 0.29) is 17.3 Å². The molecule has 0 aliphatic heterocycles. The summed E-state index contributed by atoms with van der Waals surface area (Å²) in [6.45, 7) is 0.644. The lowest BCUT2D eigenvalue weighted by atomic mass is 9.75. The molecule has 1 aliphatic rings. The summed E-state index contributed by atoms with van der Waals surface area (Å²) in [7, 11) is 4.11. The van der Waals surface area contributed by atoms with E-state index >= 15 is 0 Å². The van der Waals surface area contributed by atoms with E-state index in [1.807, 2.05) is 0 Å². The second-order valence-electron chi connectivity index (χ2n) is 5.24. The normalized spacial score (nSPS) is 17.1. The molecule has 0 radical (unpaired) electrons. The number of carbonyl (C=O) groups is 1. The van der Waals surface area contributed by atoms with Gasteiger partial charge in [0.25, 0.3) is 5.91 Å². The third-order valence-electron chi connectivity index (χ3n) is 3.94. The highest BCUT2D eigenvalue weighted by Gasteiger charge is 2.39. The minimum atomic E-state index is -0.167. The maximum absolute atomic E-state index is 12.2. The molecule has 6 heteroatoms. The van der Waals surface area contributed by atoms with Gasteiger partial charge in [-0.25, -0.2) is 4.98 Å². The molecule has 19 heavy (non-hydrogen) atoms. The highest BCUT2D eigenvalue weighted by molar-refractivity contribution is 9.10. The Morgan fingerprint density at radius 1 is 1.58 bits per heavy atom. The van der Waals surface area contributed by atoms with E-state index in [1.165, 1.54) is 6.42 Å². The van der Waals surface area contributed by atoms with Crippen LogP contribution in [0.3, 0.4) is 0 Å². The first-order chi connectivity index (χ1) is 8.94. The summed E-state index contributed by atoms with van der Waals surface area (Å²) in [6.07, 6.45) is 5.03. The lowest BCUT2D eigenvalue weighted by molar-refractivity contribution is 0.0558. The second kappa shape index (κ2) is 5.46. The Kier molecular flexibility index (Phi) is 4.10. The van der Waals surface area contributed by atoms with E-state index in [2.05, 4.69) is 45.2 Å². The van der Waals surface area contributed by atoms with Crippen LogP contribution in [0.15, 0.2) is 16.7 Å². The number of hydrogen-bond acceptors (Lipinski definition) is 4. The van der Waals surface area contributed by atoms with Crippen molar-refractivity contribution in [2.45, 2.75) is 24.8 Å². The van der Waals surface area contributed by atoms with Crippen LogP contribution in [0.4, 0.5) is 5.82 Å². The Morgan fingerprint density at radius 3 is 2.79 bits per heavy atom. The Morgan fingerprint density at radius 2 is 2.26 bits per heavy atom. The number of anilines is 1. The number of nitrogens with two attached hydrogens (primary N) is 1. The zero-order chi connectivity index (χ0) is 14.0. The number of carbonyl (C=O) groups excluding carboxylic acids is 1. The molecule has 1 aromatic rings. The van der Waals surface area contributed by atoms with E-state index in [1.54, 1.807) is 12.3 Å². The van der Waals surface area contributed by atoms with Crippen molar-refractivity contribution in [3.63, 3.8) is 0 Å². The van der Waals surface area contributed by atoms with Crippen molar-refractivity contribution in [1.29, 1.82) is 0 Å². The minimum Gasteiger partial charge on any atom is -0.383 e. The molecule has 1 amide bonds. The van der Waals surface area contributed by atoms with Crippen molar-refractivity contribution in [3.05, 3.63) is 22.3 Å². The molecule has 0 unspecified atom stereocenters. The number of rotatable bonds is 4. The first-order valence-electron chi connectivity index (χ1n) is 6.31. The average molecular weight is 327 g/mol. The Hall–Kier alpha value is -1.14. The quantitative estimate of drug-likeness (QED) is 0.882. The van der Waals surface area contributed by atoms with Crippen LogP contribution >= 0.6 is 15.9 Å². The van der Waals surface area contributed by atoms with E-state index in [9.17, 15) is 4.79 Å². The third-order valence-corrected chi connectivity index (χ3v) is 4.37. The van der Waals surface area contributed by atoms with Gasteiger partial charge in [0.05, 0.1) is 5.56 Å². The summed E-state index contributed by atoms with van der Waals surface area (Å²) in [5, 5.41) is 2.97. The SMILES string of the molecule is CN(C)C1(CNC(=O)c2cc(Br)cnc2N)CCC1. The summed E-state index contributed by atoms with van der Waals surface area (Å²) < 4.78 is 0.748. The zero-order valence-corrected chi connectivity index (χ0v) is 12.8. The second-order valence-corrected chi connectivity index (χ2v) is 6.16. The molecule has 1 aliphatic carbocycles. The van der Waals surface area contributed by atoms with Crippen LogP contribution < -0.4 is 11.1 Å². The molecule has 0 spiro atoms. The van der Waals surface area contributed by atoms with Crippen molar-refractivity contribution in [2.24, 2.45) is 0 Å². The molecule has 0 aromatic carbocycles. The van der Waals surface area contributed by atoms with Crippen LogP contribution in [-0.2, 0) is 0 Å². The van der Waals surface area contributed by atoms with Crippen LogP contribution in [-0.4, -0.2) is 42.0 Å². The molecule has 1 saturated carbocycles. The Labute approximate surface area is 121 Å². The molecule has 5 nitrogen and oxygen atoms in total. The van der Waals surface area contributed by atoms with Gasteiger partial charge in [-0.05, 0) is 55.4 Å². The number of nitrogens with zero attached hydrogens (tertiary/aromatic N) is 2. The lowest BCUT2D eigenvalue weighted by Gasteiger charge is -2.47. The number of likely N-dealkylation sites (N-methyl/N-ethyl adjacent to an activating group) is 1. The standard InChI is InChI=1S/C13H19BrN4O/c1-18(2)13(4-3-5-13)8-17-12(19)10-6-9(14)7-16-11(10)15/h6-7H,3-5,8H2,1-2H3,(H2,15,16)(H,17,19). The molecule has 0 atom stereocenters. The van der Waals surface area contributed by atoms with Gasteiger partial charge in [-0.2, -0.15) is 0 Å². The number of halogens is 1. The molecule has 0 bridgehead atoms. The van der Waals surface area contributed by atoms with Gasteiger partial charge >= 0.3 is 0 Å². The van der Waals surface area contributed by atoms with Crippen LogP contribution in [0.5, 0.6) is 0 Å². The number of amides is 1. The first-order valence-corrected chi connectivity index (χ1v) is 7.10. The largest absolute Gasteiger partial charge is 0.383 e. The number of pyridine rings is 1. The molecule has 2 rings (SSSR count). The van der Waals surface area contributed by atoms with Gasteiger partial charge in [0.2, 0.25) is 0 Å². The summed E-state index contributed by atoms with van der Waals surface area (Å²) in [5.74, 6) is 0.0904. The van der Waals surface area contributed by atoms with Gasteiger partial charge in [-0.3, -0.25) is 4.79 Å². The molecule has 1 fully saturated rings. The molecule has 3 N–H and O–H groups in total. The topological polar surface area (TPSA) is 71.2 Å². The van der Waals surface area contributed by atoms with E-state index in [0.717, 1.165) is 17.3 Å². The van der Waals surface area contributed by atoms with Crippen molar-refractivity contribution >= 4 is 27.7 Å². The molecule has 1 heterocycles. The predicted octanol–water partition coefficient (Wildman–Crippen LogP) is 1.64. The van der Waals surface area contributed by atoms with Crippen LogP contribution in [0, 0.1) is 0 Å². The number of aromatic nitrogens is 1. The summed E-state index contributed by atoms with van der Waals surface area (Å²) in [4.78, 5) is 18.3. The fraction of sp³-hybridized carbons (Fsp3) is 0.538. The molecular weight excluding hydrogens is 308 g/mol. The maximum Gasteiger partial charge on any atom is 0.255 e. The molecule has 0 saturated heterocycles. The number of nitrogens with one attached hydrogen (secondary N) is 1. The Balaban J connectivity index is 2.03. The van der Waals surface area contributed by atoms with Crippen molar-refractivity contribution in [2.75, 3.05) is 26.4 Å². The summed E-state index contributed by atoms with van der Waals surface area (Å²) in [5.41, 5.74) is 6.25. The fourth-order valence-electron chi connectivity index (χ4n) is 2.34. The average Bonchev–Trinajstić information content (AvgIpc) is 2.30. The van der Waals surface area contributed by atoms with Gasteiger partial charge in [0, 0.05) is 22.8 Å². The van der Waals surface area contributed by atoms with Crippen LogP contribution in [0.25, 0.3) is 0 Å². The van der Waals surface area contributed by atoms with Gasteiger partial charge in [-0.15, -0.1) is 0 Å². The molecular formula is C13H19BrN4O. The molecule has 104 valence electrons. The van der Waals surface area contributed by atoms with Crippen LogP contribution in [0.1, 0.15) is 29.6 Å². The Bertz CT molecular complexity index is 486. The maximum atomic E-state index is 12.2. The lowest BCUT2D eigenvalue weighted by Crippen LogP contribution is -2.57. The predicted molar refractivity (Wildman–Crippen MR) is 79.0 cm³/mol. The number of hydrogen-bond donors (Lipinski definition) is 2. The van der Waals surface area contributed by atoms with Gasteiger partial charge in [-0.1, -0.05) is 0 Å². The smallest absolute Gasteiger partial charge is 0.255 e. The first kappa shape index (κ1) is 14.3. The monoisotopic (exact) mass is 326 g/mol. The summed E-state index contributed by atoms with van der Waals surface area (Å²) in [6, 6.07) is 1.70. The van der Waals surface area contributed by atoms with Crippen LogP contribution in [0.2, 0.25) is 0 Å². The van der Waals surface area contributed by atoms with Crippen molar-refractivity contribution in [1.82, 2.24) is 15.2 Å². The number of nitrogen functional groups attached to an aromatic ring is 1. The van der Waals surface area contributed by atoms with Gasteiger partial charge in [0.1, 0.15) is 5.82 Å².